The number of benzene rings is 2. The first-order chi connectivity index (χ1) is 13.5. The smallest absolute Gasteiger partial charge is 0.271 e. The summed E-state index contributed by atoms with van der Waals surface area (Å²) in [5.74, 6) is -0.542. The van der Waals surface area contributed by atoms with Crippen LogP contribution in [0.4, 0.5) is 17.1 Å². The van der Waals surface area contributed by atoms with E-state index in [2.05, 4.69) is 15.4 Å². The van der Waals surface area contributed by atoms with Crippen molar-refractivity contribution in [2.24, 2.45) is 5.10 Å². The number of hydrazone groups is 1. The molecule has 0 atom stereocenters. The lowest BCUT2D eigenvalue weighted by molar-refractivity contribution is -0.385. The van der Waals surface area contributed by atoms with Crippen LogP contribution in [0.1, 0.15) is 28.8 Å². The number of rotatable bonds is 6. The minimum Gasteiger partial charge on any atom is -0.371 e. The third-order valence-electron chi connectivity index (χ3n) is 4.38. The van der Waals surface area contributed by atoms with Crippen molar-refractivity contribution in [3.05, 3.63) is 73.8 Å². The van der Waals surface area contributed by atoms with Gasteiger partial charge in [-0.15, -0.1) is 0 Å². The van der Waals surface area contributed by atoms with Gasteiger partial charge in [0.1, 0.15) is 0 Å². The zero-order chi connectivity index (χ0) is 20.1. The van der Waals surface area contributed by atoms with E-state index in [-0.39, 0.29) is 16.9 Å². The van der Waals surface area contributed by atoms with Crippen molar-refractivity contribution < 1.29 is 14.6 Å². The van der Waals surface area contributed by atoms with Gasteiger partial charge in [0.05, 0.1) is 16.1 Å². The van der Waals surface area contributed by atoms with Crippen molar-refractivity contribution in [1.29, 1.82) is 0 Å². The molecule has 1 saturated heterocycles. The predicted molar refractivity (Wildman–Crippen MR) is 103 cm³/mol. The minimum absolute atomic E-state index is 0.0638. The summed E-state index contributed by atoms with van der Waals surface area (Å²) in [6.07, 6.45) is 3.46. The SMILES string of the molecule is O=C(N/N=C/c1cc([N+](=O)[O-])ccc1N1CCCC1)c1ccc([N+](=O)[O-])cc1. The summed E-state index contributed by atoms with van der Waals surface area (Å²) >= 11 is 0. The number of carbonyl (C=O) groups excluding carboxylic acids is 1. The number of nitro benzene ring substituents is 2. The third kappa shape index (κ3) is 4.29. The molecular weight excluding hydrogens is 366 g/mol. The van der Waals surface area contributed by atoms with Gasteiger partial charge in [0.25, 0.3) is 17.3 Å². The fourth-order valence-electron chi connectivity index (χ4n) is 2.96. The first-order valence-electron chi connectivity index (χ1n) is 8.57. The van der Waals surface area contributed by atoms with Gasteiger partial charge in [0.2, 0.25) is 0 Å². The van der Waals surface area contributed by atoms with E-state index in [1.54, 1.807) is 6.07 Å². The molecule has 0 saturated carbocycles. The molecule has 10 nitrogen and oxygen atoms in total. The number of hydrogen-bond acceptors (Lipinski definition) is 7. The van der Waals surface area contributed by atoms with E-state index >= 15 is 0 Å². The summed E-state index contributed by atoms with van der Waals surface area (Å²) in [5.41, 5.74) is 3.71. The fourth-order valence-corrected chi connectivity index (χ4v) is 2.96. The molecule has 0 aliphatic carbocycles. The summed E-state index contributed by atoms with van der Waals surface area (Å²) in [6, 6.07) is 9.64. The lowest BCUT2D eigenvalue weighted by Gasteiger charge is -2.19. The van der Waals surface area contributed by atoms with Gasteiger partial charge in [-0.25, -0.2) is 5.43 Å². The Morgan fingerprint density at radius 2 is 1.61 bits per heavy atom. The third-order valence-corrected chi connectivity index (χ3v) is 4.38. The highest BCUT2D eigenvalue weighted by molar-refractivity contribution is 5.96. The number of hydrogen-bond donors (Lipinski definition) is 1. The van der Waals surface area contributed by atoms with Crippen molar-refractivity contribution >= 4 is 29.2 Å². The van der Waals surface area contributed by atoms with Gasteiger partial charge < -0.3 is 4.90 Å². The second-order valence-corrected chi connectivity index (χ2v) is 6.20. The molecule has 1 fully saturated rings. The van der Waals surface area contributed by atoms with Crippen LogP contribution in [0.25, 0.3) is 0 Å². The molecular formula is C18H17N5O5. The van der Waals surface area contributed by atoms with E-state index in [9.17, 15) is 25.0 Å². The minimum atomic E-state index is -0.554. The maximum Gasteiger partial charge on any atom is 0.271 e. The monoisotopic (exact) mass is 383 g/mol. The summed E-state index contributed by atoms with van der Waals surface area (Å²) in [7, 11) is 0. The van der Waals surface area contributed by atoms with E-state index in [0.29, 0.717) is 5.56 Å². The zero-order valence-corrected chi connectivity index (χ0v) is 14.8. The van der Waals surface area contributed by atoms with Gasteiger partial charge in [-0.2, -0.15) is 5.10 Å². The Hall–Kier alpha value is -3.82. The Balaban J connectivity index is 1.76. The highest BCUT2D eigenvalue weighted by atomic mass is 16.6. The van der Waals surface area contributed by atoms with Gasteiger partial charge in [0, 0.05) is 54.2 Å². The molecule has 0 spiro atoms. The Kier molecular flexibility index (Phi) is 5.58. The van der Waals surface area contributed by atoms with Gasteiger partial charge in [-0.3, -0.25) is 25.0 Å². The molecule has 0 unspecified atom stereocenters. The highest BCUT2D eigenvalue weighted by Gasteiger charge is 2.18. The standard InChI is InChI=1S/C18H17N5O5/c24-18(13-3-5-15(6-4-13)22(25)26)20-19-12-14-11-16(23(27)28)7-8-17(14)21-9-1-2-10-21/h3-8,11-12H,1-2,9-10H2,(H,20,24)/b19-12+. The van der Waals surface area contributed by atoms with Crippen molar-refractivity contribution in [1.82, 2.24) is 5.43 Å². The molecule has 144 valence electrons. The summed E-state index contributed by atoms with van der Waals surface area (Å²) in [5, 5.41) is 25.6. The first kappa shape index (κ1) is 19.0. The lowest BCUT2D eigenvalue weighted by Crippen LogP contribution is -2.20. The molecule has 2 aromatic carbocycles. The Bertz CT molecular complexity index is 936. The Morgan fingerprint density at radius 3 is 2.21 bits per heavy atom. The van der Waals surface area contributed by atoms with E-state index in [4.69, 9.17) is 0 Å². The molecule has 2 aromatic rings. The number of nitrogens with zero attached hydrogens (tertiary/aromatic N) is 4. The zero-order valence-electron chi connectivity index (χ0n) is 14.8. The van der Waals surface area contributed by atoms with Gasteiger partial charge in [-0.05, 0) is 31.0 Å². The van der Waals surface area contributed by atoms with Gasteiger partial charge >= 0.3 is 0 Å². The number of anilines is 1. The largest absolute Gasteiger partial charge is 0.371 e. The maximum absolute atomic E-state index is 12.1. The Morgan fingerprint density at radius 1 is 1.00 bits per heavy atom. The van der Waals surface area contributed by atoms with Crippen molar-refractivity contribution in [2.45, 2.75) is 12.8 Å². The van der Waals surface area contributed by atoms with Gasteiger partial charge in [0.15, 0.2) is 0 Å². The molecule has 1 aliphatic rings. The number of nitro groups is 2. The summed E-state index contributed by atoms with van der Waals surface area (Å²) in [4.78, 5) is 34.9. The average molecular weight is 383 g/mol. The molecule has 1 aliphatic heterocycles. The summed E-state index contributed by atoms with van der Waals surface area (Å²) < 4.78 is 0. The van der Waals surface area contributed by atoms with Crippen LogP contribution >= 0.6 is 0 Å². The molecule has 0 aromatic heterocycles. The quantitative estimate of drug-likeness (QED) is 0.463. The lowest BCUT2D eigenvalue weighted by atomic mass is 10.1. The van der Waals surface area contributed by atoms with E-state index in [1.165, 1.54) is 42.6 Å². The first-order valence-corrected chi connectivity index (χ1v) is 8.57. The topological polar surface area (TPSA) is 131 Å². The number of nitrogens with one attached hydrogen (secondary N) is 1. The number of amides is 1. The normalized spacial score (nSPS) is 13.6. The second-order valence-electron chi connectivity index (χ2n) is 6.20. The van der Waals surface area contributed by atoms with Crippen LogP contribution in [0.5, 0.6) is 0 Å². The van der Waals surface area contributed by atoms with E-state index in [1.807, 2.05) is 0 Å². The molecule has 28 heavy (non-hydrogen) atoms. The van der Waals surface area contributed by atoms with Crippen molar-refractivity contribution in [3.8, 4) is 0 Å². The molecule has 3 rings (SSSR count). The molecule has 0 radical (unpaired) electrons. The van der Waals surface area contributed by atoms with Crippen LogP contribution in [0.3, 0.4) is 0 Å². The summed E-state index contributed by atoms with van der Waals surface area (Å²) in [6.45, 7) is 1.71. The van der Waals surface area contributed by atoms with Crippen LogP contribution in [0.15, 0.2) is 47.6 Å². The van der Waals surface area contributed by atoms with Crippen LogP contribution in [0.2, 0.25) is 0 Å². The fraction of sp³-hybridized carbons (Fsp3) is 0.222. The van der Waals surface area contributed by atoms with Crippen LogP contribution in [-0.2, 0) is 0 Å². The molecule has 0 bridgehead atoms. The molecule has 10 heteroatoms. The van der Waals surface area contributed by atoms with E-state index in [0.717, 1.165) is 31.6 Å². The van der Waals surface area contributed by atoms with Crippen LogP contribution in [0, 0.1) is 20.2 Å². The van der Waals surface area contributed by atoms with Gasteiger partial charge in [-0.1, -0.05) is 0 Å². The number of non-ortho nitro benzene ring substituents is 2. The van der Waals surface area contributed by atoms with Crippen LogP contribution < -0.4 is 10.3 Å². The van der Waals surface area contributed by atoms with Crippen molar-refractivity contribution in [3.63, 3.8) is 0 Å². The van der Waals surface area contributed by atoms with Crippen molar-refractivity contribution in [2.75, 3.05) is 18.0 Å². The van der Waals surface area contributed by atoms with E-state index < -0.39 is 15.8 Å². The molecule has 1 amide bonds. The predicted octanol–water partition coefficient (Wildman–Crippen LogP) is 2.87. The number of carbonyl (C=O) groups is 1. The maximum atomic E-state index is 12.1. The molecule has 1 N–H and O–H groups in total. The Labute approximate surface area is 159 Å². The average Bonchev–Trinajstić information content (AvgIpc) is 3.22. The highest BCUT2D eigenvalue weighted by Crippen LogP contribution is 2.27. The second kappa shape index (κ2) is 8.25. The van der Waals surface area contributed by atoms with Crippen LogP contribution in [-0.4, -0.2) is 35.1 Å². The molecule has 1 heterocycles.